The van der Waals surface area contributed by atoms with Gasteiger partial charge in [-0.25, -0.2) is 13.1 Å². The summed E-state index contributed by atoms with van der Waals surface area (Å²) in [6.07, 6.45) is 0. The second-order valence-electron chi connectivity index (χ2n) is 7.56. The molecule has 0 radical (unpaired) electrons. The van der Waals surface area contributed by atoms with Gasteiger partial charge >= 0.3 is 0 Å². The number of rotatable bonds is 4. The summed E-state index contributed by atoms with van der Waals surface area (Å²) in [7, 11) is -3.67. The molecule has 0 atom stereocenters. The van der Waals surface area contributed by atoms with E-state index in [-0.39, 0.29) is 10.3 Å². The molecule has 0 saturated carbocycles. The highest BCUT2D eigenvalue weighted by Gasteiger charge is 2.38. The monoisotopic (exact) mass is 313 g/mol. The van der Waals surface area contributed by atoms with Crippen molar-refractivity contribution in [3.8, 4) is 0 Å². The minimum Gasteiger partial charge on any atom is -0.389 e. The molecule has 0 aliphatic carbocycles. The summed E-state index contributed by atoms with van der Waals surface area (Å²) in [6, 6.07) is 6.85. The molecule has 0 aromatic heterocycles. The number of sulfonamides is 1. The summed E-state index contributed by atoms with van der Waals surface area (Å²) in [5.74, 6) is 0. The smallest absolute Gasteiger partial charge is 0.241 e. The molecule has 0 unspecified atom stereocenters. The first-order valence-electron chi connectivity index (χ1n) is 7.04. The van der Waals surface area contributed by atoms with E-state index in [1.54, 1.807) is 39.8 Å². The van der Waals surface area contributed by atoms with Gasteiger partial charge in [0.1, 0.15) is 0 Å². The van der Waals surface area contributed by atoms with Crippen LogP contribution >= 0.6 is 0 Å². The van der Waals surface area contributed by atoms with Crippen LogP contribution in [0, 0.1) is 0 Å². The highest BCUT2D eigenvalue weighted by Crippen LogP contribution is 2.26. The van der Waals surface area contributed by atoms with Gasteiger partial charge in [-0.1, -0.05) is 32.9 Å². The minimum absolute atomic E-state index is 0.0257. The Bertz CT molecular complexity index is 588. The fourth-order valence-electron chi connectivity index (χ4n) is 1.65. The molecule has 2 N–H and O–H groups in total. The molecule has 1 rings (SSSR count). The van der Waals surface area contributed by atoms with Gasteiger partial charge in [0.15, 0.2) is 0 Å². The summed E-state index contributed by atoms with van der Waals surface area (Å²) in [4.78, 5) is 0.202. The molecule has 0 saturated heterocycles. The SMILES string of the molecule is CC(C)(C)c1ccc(S(=O)(=O)NC(C)(C)C(C)(C)O)cc1. The summed E-state index contributed by atoms with van der Waals surface area (Å²) in [5, 5.41) is 10.1. The van der Waals surface area contributed by atoms with Crippen LogP contribution < -0.4 is 4.72 Å². The third-order valence-electron chi connectivity index (χ3n) is 3.95. The summed E-state index contributed by atoms with van der Waals surface area (Å²) >= 11 is 0. The third-order valence-corrected chi connectivity index (χ3v) is 5.62. The first kappa shape index (κ1) is 18.1. The minimum atomic E-state index is -3.67. The van der Waals surface area contributed by atoms with Crippen molar-refractivity contribution in [1.29, 1.82) is 0 Å². The van der Waals surface area contributed by atoms with E-state index < -0.39 is 21.2 Å². The van der Waals surface area contributed by atoms with Gasteiger partial charge < -0.3 is 5.11 Å². The van der Waals surface area contributed by atoms with E-state index in [9.17, 15) is 13.5 Å². The molecular formula is C16H27NO3S. The Morgan fingerprint density at radius 1 is 0.905 bits per heavy atom. The molecule has 0 aliphatic rings. The van der Waals surface area contributed by atoms with E-state index in [1.807, 2.05) is 12.1 Å². The number of benzene rings is 1. The molecular weight excluding hydrogens is 286 g/mol. The van der Waals surface area contributed by atoms with E-state index in [0.717, 1.165) is 5.56 Å². The molecule has 0 aliphatic heterocycles. The van der Waals surface area contributed by atoms with Crippen molar-refractivity contribution in [2.45, 2.75) is 69.9 Å². The quantitative estimate of drug-likeness (QED) is 0.898. The van der Waals surface area contributed by atoms with Gasteiger partial charge in [-0.3, -0.25) is 0 Å². The van der Waals surface area contributed by atoms with Crippen LogP contribution in [-0.2, 0) is 15.4 Å². The lowest BCUT2D eigenvalue weighted by Crippen LogP contribution is -2.57. The third kappa shape index (κ3) is 4.28. The van der Waals surface area contributed by atoms with Gasteiger partial charge in [-0.2, -0.15) is 0 Å². The fourth-order valence-corrected chi connectivity index (χ4v) is 3.19. The van der Waals surface area contributed by atoms with E-state index in [2.05, 4.69) is 25.5 Å². The van der Waals surface area contributed by atoms with Crippen LogP contribution in [0.5, 0.6) is 0 Å². The summed E-state index contributed by atoms with van der Waals surface area (Å²) < 4.78 is 27.4. The van der Waals surface area contributed by atoms with Gasteiger partial charge in [0.25, 0.3) is 0 Å². The number of aliphatic hydroxyl groups is 1. The highest BCUT2D eigenvalue weighted by atomic mass is 32.2. The molecule has 4 nitrogen and oxygen atoms in total. The second kappa shape index (κ2) is 5.38. The van der Waals surface area contributed by atoms with Gasteiger partial charge in [-0.05, 0) is 50.8 Å². The fraction of sp³-hybridized carbons (Fsp3) is 0.625. The van der Waals surface area contributed by atoms with Crippen LogP contribution in [0.3, 0.4) is 0 Å². The van der Waals surface area contributed by atoms with Crippen molar-refractivity contribution in [2.75, 3.05) is 0 Å². The topological polar surface area (TPSA) is 66.4 Å². The van der Waals surface area contributed by atoms with Crippen molar-refractivity contribution in [3.63, 3.8) is 0 Å². The summed E-state index contributed by atoms with van der Waals surface area (Å²) in [6.45, 7) is 12.7. The Morgan fingerprint density at radius 2 is 1.33 bits per heavy atom. The highest BCUT2D eigenvalue weighted by molar-refractivity contribution is 7.89. The van der Waals surface area contributed by atoms with Crippen LogP contribution in [0.25, 0.3) is 0 Å². The Labute approximate surface area is 128 Å². The average Bonchev–Trinajstić information content (AvgIpc) is 2.25. The standard InChI is InChI=1S/C16H27NO3S/c1-14(2,3)12-8-10-13(11-9-12)21(19,20)17-15(4,5)16(6,7)18/h8-11,17-18H,1-7H3. The van der Waals surface area contributed by atoms with Crippen LogP contribution in [-0.4, -0.2) is 24.7 Å². The molecule has 0 heterocycles. The maximum atomic E-state index is 12.4. The second-order valence-corrected chi connectivity index (χ2v) is 9.25. The average molecular weight is 313 g/mol. The first-order chi connectivity index (χ1) is 9.17. The summed E-state index contributed by atoms with van der Waals surface area (Å²) in [5.41, 5.74) is -1.11. The van der Waals surface area contributed by atoms with E-state index in [4.69, 9.17) is 0 Å². The predicted molar refractivity (Wildman–Crippen MR) is 85.8 cm³/mol. The maximum absolute atomic E-state index is 12.4. The molecule has 21 heavy (non-hydrogen) atoms. The molecule has 0 amide bonds. The largest absolute Gasteiger partial charge is 0.389 e. The van der Waals surface area contributed by atoms with Gasteiger partial charge in [0, 0.05) is 0 Å². The Morgan fingerprint density at radius 3 is 1.67 bits per heavy atom. The van der Waals surface area contributed by atoms with E-state index in [0.29, 0.717) is 0 Å². The lowest BCUT2D eigenvalue weighted by Gasteiger charge is -2.37. The predicted octanol–water partition coefficient (Wildman–Crippen LogP) is 2.81. The van der Waals surface area contributed by atoms with Crippen LogP contribution in [0.2, 0.25) is 0 Å². The Hall–Kier alpha value is -0.910. The number of nitrogens with one attached hydrogen (secondary N) is 1. The van der Waals surface area contributed by atoms with Crippen LogP contribution in [0.4, 0.5) is 0 Å². The number of hydrogen-bond donors (Lipinski definition) is 2. The molecule has 5 heteroatoms. The van der Waals surface area contributed by atoms with Crippen LogP contribution in [0.1, 0.15) is 54.0 Å². The Kier molecular flexibility index (Phi) is 4.64. The Balaban J connectivity index is 3.10. The molecule has 1 aromatic rings. The first-order valence-corrected chi connectivity index (χ1v) is 8.52. The van der Waals surface area contributed by atoms with Crippen molar-refractivity contribution in [2.24, 2.45) is 0 Å². The van der Waals surface area contributed by atoms with Crippen molar-refractivity contribution >= 4 is 10.0 Å². The molecule has 0 bridgehead atoms. The molecule has 0 spiro atoms. The van der Waals surface area contributed by atoms with Gasteiger partial charge in [0.05, 0.1) is 16.0 Å². The lowest BCUT2D eigenvalue weighted by atomic mass is 9.87. The zero-order valence-electron chi connectivity index (χ0n) is 14.0. The molecule has 1 aromatic carbocycles. The maximum Gasteiger partial charge on any atom is 0.241 e. The zero-order valence-corrected chi connectivity index (χ0v) is 14.8. The lowest BCUT2D eigenvalue weighted by molar-refractivity contribution is 0.00639. The zero-order chi connectivity index (χ0) is 16.7. The normalized spacial score (nSPS) is 14.3. The molecule has 120 valence electrons. The van der Waals surface area contributed by atoms with E-state index >= 15 is 0 Å². The van der Waals surface area contributed by atoms with Crippen molar-refractivity contribution in [1.82, 2.24) is 4.72 Å². The van der Waals surface area contributed by atoms with E-state index in [1.165, 1.54) is 0 Å². The van der Waals surface area contributed by atoms with Gasteiger partial charge in [0.2, 0.25) is 10.0 Å². The van der Waals surface area contributed by atoms with Crippen LogP contribution in [0.15, 0.2) is 29.2 Å². The van der Waals surface area contributed by atoms with Crippen molar-refractivity contribution < 1.29 is 13.5 Å². The molecule has 0 fully saturated rings. The van der Waals surface area contributed by atoms with Crippen molar-refractivity contribution in [3.05, 3.63) is 29.8 Å². The van der Waals surface area contributed by atoms with Gasteiger partial charge in [-0.15, -0.1) is 0 Å². The number of hydrogen-bond acceptors (Lipinski definition) is 3.